The molecule has 4 aliphatic rings. The molecule has 1 unspecified atom stereocenters. The van der Waals surface area contributed by atoms with Gasteiger partial charge in [0.25, 0.3) is 5.91 Å². The Hall–Kier alpha value is -3.76. The number of anilines is 1. The number of ether oxygens (including phenoxy) is 2. The first-order chi connectivity index (χ1) is 19.6. The molecular formula is C33H37N3O4. The predicted octanol–water partition coefficient (Wildman–Crippen LogP) is 4.15. The molecule has 1 aliphatic carbocycles. The van der Waals surface area contributed by atoms with E-state index in [1.54, 1.807) is 0 Å². The Morgan fingerprint density at radius 1 is 1.02 bits per heavy atom. The normalized spacial score (nSPS) is 21.1. The second-order valence-corrected chi connectivity index (χ2v) is 11.1. The molecule has 0 bridgehead atoms. The van der Waals surface area contributed by atoms with E-state index in [9.17, 15) is 9.59 Å². The number of hydrogen-bond donors (Lipinski definition) is 1. The van der Waals surface area contributed by atoms with Gasteiger partial charge in [-0.25, -0.2) is 0 Å². The van der Waals surface area contributed by atoms with Crippen molar-refractivity contribution in [1.29, 1.82) is 0 Å². The lowest BCUT2D eigenvalue weighted by atomic mass is 9.81. The predicted molar refractivity (Wildman–Crippen MR) is 155 cm³/mol. The van der Waals surface area contributed by atoms with Crippen LogP contribution in [0.15, 0.2) is 53.7 Å². The molecule has 3 heterocycles. The minimum absolute atomic E-state index is 0.176. The third-order valence-electron chi connectivity index (χ3n) is 8.57. The molecule has 2 aromatic rings. The van der Waals surface area contributed by atoms with Gasteiger partial charge < -0.3 is 24.6 Å². The number of likely N-dealkylation sites (N-methyl/N-ethyl adjacent to an activating group) is 1. The van der Waals surface area contributed by atoms with Gasteiger partial charge >= 0.3 is 0 Å². The van der Waals surface area contributed by atoms with Crippen LogP contribution >= 0.6 is 0 Å². The Kier molecular flexibility index (Phi) is 7.79. The van der Waals surface area contributed by atoms with E-state index in [-0.39, 0.29) is 17.6 Å². The van der Waals surface area contributed by atoms with Crippen LogP contribution in [0.4, 0.5) is 5.69 Å². The molecule has 1 saturated heterocycles. The molecule has 208 valence electrons. The van der Waals surface area contributed by atoms with Gasteiger partial charge in [-0.15, -0.1) is 0 Å². The maximum absolute atomic E-state index is 13.8. The van der Waals surface area contributed by atoms with Crippen molar-refractivity contribution in [3.8, 4) is 17.6 Å². The summed E-state index contributed by atoms with van der Waals surface area (Å²) in [5, 5.41) is 3.11. The quantitative estimate of drug-likeness (QED) is 0.589. The summed E-state index contributed by atoms with van der Waals surface area (Å²) in [4.78, 5) is 31.3. The van der Waals surface area contributed by atoms with Crippen molar-refractivity contribution in [1.82, 2.24) is 10.2 Å². The number of rotatable bonds is 4. The molecule has 1 fully saturated rings. The highest BCUT2D eigenvalue weighted by Gasteiger charge is 2.35. The van der Waals surface area contributed by atoms with Crippen LogP contribution in [0, 0.1) is 17.8 Å². The molecule has 3 aliphatic heterocycles. The Bertz CT molecular complexity index is 1370. The van der Waals surface area contributed by atoms with Crippen molar-refractivity contribution < 1.29 is 19.1 Å². The molecule has 1 amide bonds. The van der Waals surface area contributed by atoms with Crippen molar-refractivity contribution >= 4 is 17.4 Å². The largest absolute Gasteiger partial charge is 0.489 e. The Morgan fingerprint density at radius 3 is 2.62 bits per heavy atom. The molecule has 7 nitrogen and oxygen atoms in total. The second-order valence-electron chi connectivity index (χ2n) is 11.1. The number of Topliss-reactive ketones (excluding diaryl/α,β-unsaturated/α-hetero) is 1. The van der Waals surface area contributed by atoms with Crippen molar-refractivity contribution in [3.63, 3.8) is 0 Å². The molecule has 0 spiro atoms. The topological polar surface area (TPSA) is 71.1 Å². The number of carbonyl (C=O) groups is 2. The van der Waals surface area contributed by atoms with Crippen LogP contribution < -0.4 is 15.0 Å². The fraction of sp³-hybridized carbons (Fsp3) is 0.455. The van der Waals surface area contributed by atoms with Gasteiger partial charge in [-0.3, -0.25) is 9.59 Å². The van der Waals surface area contributed by atoms with E-state index in [2.05, 4.69) is 33.0 Å². The summed E-state index contributed by atoms with van der Waals surface area (Å²) in [5.41, 5.74) is 5.57. The molecule has 0 saturated carbocycles. The molecule has 1 N–H and O–H groups in total. The number of amides is 1. The summed E-state index contributed by atoms with van der Waals surface area (Å²) in [6, 6.07) is 14.1. The number of nitrogens with one attached hydrogen (secondary N) is 1. The fourth-order valence-electron chi connectivity index (χ4n) is 6.51. The van der Waals surface area contributed by atoms with Crippen molar-refractivity contribution in [2.45, 2.75) is 44.6 Å². The second kappa shape index (κ2) is 11.8. The standard InChI is InChI=1S/C33H37N3O4/c1-35-22-31(37)28(26-9-5-6-10-29(26)35)21-34-33(38)27-19-24(12-11-23-7-3-2-4-8-23)20-30-32(27)40-18-15-36(30)25-13-16-39-17-14-25/h2-4,7-8,19-20,25,28H,5-6,9-10,13-18,21-22H2,1H3,(H,34,38). The number of carbonyl (C=O) groups excluding carboxylic acids is 2. The zero-order valence-corrected chi connectivity index (χ0v) is 23.2. The lowest BCUT2D eigenvalue weighted by molar-refractivity contribution is -0.123. The molecule has 40 heavy (non-hydrogen) atoms. The van der Waals surface area contributed by atoms with Crippen LogP contribution in [0.2, 0.25) is 0 Å². The smallest absolute Gasteiger partial charge is 0.255 e. The van der Waals surface area contributed by atoms with Gasteiger partial charge in [0.2, 0.25) is 0 Å². The van der Waals surface area contributed by atoms with E-state index in [0.717, 1.165) is 75.1 Å². The zero-order chi connectivity index (χ0) is 27.5. The highest BCUT2D eigenvalue weighted by Crippen LogP contribution is 2.39. The van der Waals surface area contributed by atoms with E-state index >= 15 is 0 Å². The molecular weight excluding hydrogens is 502 g/mol. The lowest BCUT2D eigenvalue weighted by Gasteiger charge is -2.40. The van der Waals surface area contributed by atoms with E-state index in [0.29, 0.717) is 37.1 Å². The molecule has 0 aromatic heterocycles. The van der Waals surface area contributed by atoms with Crippen LogP contribution in [0.3, 0.4) is 0 Å². The summed E-state index contributed by atoms with van der Waals surface area (Å²) in [6.45, 7) is 3.46. The third kappa shape index (κ3) is 5.46. The maximum Gasteiger partial charge on any atom is 0.255 e. The van der Waals surface area contributed by atoms with Crippen LogP contribution in [-0.4, -0.2) is 69.1 Å². The number of benzene rings is 2. The number of fused-ring (bicyclic) bond motifs is 1. The molecule has 1 atom stereocenters. The first-order valence-electron chi connectivity index (χ1n) is 14.5. The van der Waals surface area contributed by atoms with Gasteiger partial charge in [-0.1, -0.05) is 30.0 Å². The number of nitrogens with zero attached hydrogens (tertiary/aromatic N) is 2. The van der Waals surface area contributed by atoms with Gasteiger partial charge in [-0.2, -0.15) is 0 Å². The number of ketones is 1. The van der Waals surface area contributed by atoms with E-state index in [1.165, 1.54) is 11.3 Å². The number of allylic oxidation sites excluding steroid dienone is 1. The summed E-state index contributed by atoms with van der Waals surface area (Å²) < 4.78 is 11.8. The third-order valence-corrected chi connectivity index (χ3v) is 8.57. The van der Waals surface area contributed by atoms with Crippen LogP contribution in [0.1, 0.15) is 60.0 Å². The first kappa shape index (κ1) is 26.5. The SMILES string of the molecule is CN1CC(=O)C(CNC(=O)c2cc(C#Cc3ccccc3)cc3c2OCCN3C2CCOCC2)C2=C1CCCC2. The minimum Gasteiger partial charge on any atom is -0.489 e. The van der Waals surface area contributed by atoms with Crippen LogP contribution in [-0.2, 0) is 9.53 Å². The molecule has 6 rings (SSSR count). The molecule has 0 radical (unpaired) electrons. The Labute approximate surface area is 236 Å². The number of hydrogen-bond acceptors (Lipinski definition) is 6. The minimum atomic E-state index is -0.257. The molecule has 7 heteroatoms. The van der Waals surface area contributed by atoms with Gasteiger partial charge in [0.1, 0.15) is 6.61 Å². The average Bonchev–Trinajstić information content (AvgIpc) is 3.00. The van der Waals surface area contributed by atoms with Gasteiger partial charge in [-0.05, 0) is 68.4 Å². The van der Waals surface area contributed by atoms with E-state index in [4.69, 9.17) is 9.47 Å². The monoisotopic (exact) mass is 539 g/mol. The van der Waals surface area contributed by atoms with Crippen LogP contribution in [0.25, 0.3) is 0 Å². The Balaban J connectivity index is 1.31. The Morgan fingerprint density at radius 2 is 1.80 bits per heavy atom. The summed E-state index contributed by atoms with van der Waals surface area (Å²) in [6.07, 6.45) is 6.06. The molecule has 2 aromatic carbocycles. The summed E-state index contributed by atoms with van der Waals surface area (Å²) in [5.74, 6) is 6.82. The van der Waals surface area contributed by atoms with Crippen molar-refractivity contribution in [2.75, 3.05) is 51.4 Å². The van der Waals surface area contributed by atoms with Crippen molar-refractivity contribution in [2.24, 2.45) is 5.92 Å². The zero-order valence-electron chi connectivity index (χ0n) is 23.2. The maximum atomic E-state index is 13.8. The van der Waals surface area contributed by atoms with Gasteiger partial charge in [0.05, 0.1) is 30.3 Å². The summed E-state index contributed by atoms with van der Waals surface area (Å²) in [7, 11) is 2.00. The van der Waals surface area contributed by atoms with Gasteiger partial charge in [0.15, 0.2) is 11.5 Å². The fourth-order valence-corrected chi connectivity index (χ4v) is 6.51. The average molecular weight is 540 g/mol. The highest BCUT2D eigenvalue weighted by atomic mass is 16.5. The van der Waals surface area contributed by atoms with E-state index < -0.39 is 0 Å². The van der Waals surface area contributed by atoms with Crippen molar-refractivity contribution in [3.05, 3.63) is 70.4 Å². The van der Waals surface area contributed by atoms with Gasteiger partial charge in [0, 0.05) is 49.7 Å². The van der Waals surface area contributed by atoms with E-state index in [1.807, 2.05) is 43.4 Å². The first-order valence-corrected chi connectivity index (χ1v) is 14.5. The highest BCUT2D eigenvalue weighted by molar-refractivity contribution is 6.00. The summed E-state index contributed by atoms with van der Waals surface area (Å²) >= 11 is 0. The van der Waals surface area contributed by atoms with Crippen LogP contribution in [0.5, 0.6) is 5.75 Å². The lowest BCUT2D eigenvalue weighted by Crippen LogP contribution is -2.45.